The molecule has 0 aliphatic carbocycles. The summed E-state index contributed by atoms with van der Waals surface area (Å²) in [6, 6.07) is 19.5. The fourth-order valence-electron chi connectivity index (χ4n) is 3.84. The Morgan fingerprint density at radius 2 is 1.59 bits per heavy atom. The fraction of sp³-hybridized carbons (Fsp3) is 0.348. The Morgan fingerprint density at radius 1 is 0.931 bits per heavy atom. The number of benzene rings is 2. The topological polar surface area (TPSA) is 65.0 Å². The lowest BCUT2D eigenvalue weighted by atomic mass is 10.0. The molecular formula is C23H26N4O2. The summed E-state index contributed by atoms with van der Waals surface area (Å²) < 4.78 is 0. The number of hydrogen-bond donors (Lipinski definition) is 1. The fourth-order valence-corrected chi connectivity index (χ4v) is 3.84. The average Bonchev–Trinajstić information content (AvgIpc) is 3.27. The van der Waals surface area contributed by atoms with Gasteiger partial charge in [0.1, 0.15) is 0 Å². The van der Waals surface area contributed by atoms with Crippen LogP contribution in [0.5, 0.6) is 0 Å². The molecule has 2 aromatic carbocycles. The molecule has 2 aromatic rings. The van der Waals surface area contributed by atoms with Crippen molar-refractivity contribution in [3.8, 4) is 0 Å². The van der Waals surface area contributed by atoms with Crippen LogP contribution in [0, 0.1) is 0 Å². The van der Waals surface area contributed by atoms with Gasteiger partial charge < -0.3 is 5.32 Å². The summed E-state index contributed by atoms with van der Waals surface area (Å²) in [6.45, 7) is 2.63. The van der Waals surface area contributed by atoms with Crippen molar-refractivity contribution >= 4 is 17.5 Å². The zero-order chi connectivity index (χ0) is 20.1. The Kier molecular flexibility index (Phi) is 6.00. The molecule has 29 heavy (non-hydrogen) atoms. The van der Waals surface area contributed by atoms with E-state index in [2.05, 4.69) is 15.3 Å². The molecule has 2 heterocycles. The molecule has 0 spiro atoms. The van der Waals surface area contributed by atoms with Crippen LogP contribution in [-0.2, 0) is 4.79 Å². The maximum Gasteiger partial charge on any atom is 0.256 e. The maximum atomic E-state index is 12.6. The first-order chi connectivity index (χ1) is 14.2. The monoisotopic (exact) mass is 390 g/mol. The number of nitrogens with zero attached hydrogens (tertiary/aromatic N) is 3. The number of amides is 2. The zero-order valence-electron chi connectivity index (χ0n) is 16.5. The van der Waals surface area contributed by atoms with Gasteiger partial charge in [0.25, 0.3) is 11.8 Å². The molecule has 0 saturated carbocycles. The Balaban J connectivity index is 1.24. The van der Waals surface area contributed by atoms with Gasteiger partial charge in [0.05, 0.1) is 18.8 Å². The van der Waals surface area contributed by atoms with Crippen molar-refractivity contribution in [2.24, 2.45) is 5.10 Å². The van der Waals surface area contributed by atoms with E-state index >= 15 is 0 Å². The molecule has 0 atom stereocenters. The van der Waals surface area contributed by atoms with E-state index in [1.54, 1.807) is 5.01 Å². The van der Waals surface area contributed by atoms with Crippen LogP contribution in [0.25, 0.3) is 0 Å². The standard InChI is InChI=1S/C23H26N4O2/c28-22(27-16-13-21(25-27)18-7-3-1-4-8-18)17-26-14-11-20(12-15-26)24-23(29)19-9-5-2-6-10-19/h1-10,20H,11-17H2,(H,24,29). The summed E-state index contributed by atoms with van der Waals surface area (Å²) >= 11 is 0. The van der Waals surface area contributed by atoms with Gasteiger partial charge >= 0.3 is 0 Å². The number of piperidine rings is 1. The molecule has 2 aliphatic heterocycles. The van der Waals surface area contributed by atoms with Crippen LogP contribution in [-0.4, -0.2) is 59.7 Å². The molecule has 6 nitrogen and oxygen atoms in total. The lowest BCUT2D eigenvalue weighted by molar-refractivity contribution is -0.132. The molecule has 0 aromatic heterocycles. The van der Waals surface area contributed by atoms with E-state index in [1.165, 1.54) is 0 Å². The largest absolute Gasteiger partial charge is 0.349 e. The van der Waals surface area contributed by atoms with Crippen molar-refractivity contribution in [3.63, 3.8) is 0 Å². The summed E-state index contributed by atoms with van der Waals surface area (Å²) in [5.41, 5.74) is 2.74. The van der Waals surface area contributed by atoms with Crippen molar-refractivity contribution in [2.45, 2.75) is 25.3 Å². The van der Waals surface area contributed by atoms with Crippen LogP contribution in [0.3, 0.4) is 0 Å². The predicted octanol–water partition coefficient (Wildman–Crippen LogP) is 2.52. The first-order valence-corrected chi connectivity index (χ1v) is 10.2. The van der Waals surface area contributed by atoms with E-state index in [4.69, 9.17) is 0 Å². The average molecular weight is 390 g/mol. The van der Waals surface area contributed by atoms with Crippen molar-refractivity contribution < 1.29 is 9.59 Å². The Morgan fingerprint density at radius 3 is 2.28 bits per heavy atom. The van der Waals surface area contributed by atoms with Gasteiger partial charge in [-0.1, -0.05) is 48.5 Å². The summed E-state index contributed by atoms with van der Waals surface area (Å²) in [5, 5.41) is 9.24. The number of likely N-dealkylation sites (tertiary alicyclic amines) is 1. The van der Waals surface area contributed by atoms with Crippen LogP contribution >= 0.6 is 0 Å². The second-order valence-electron chi connectivity index (χ2n) is 7.57. The van der Waals surface area contributed by atoms with Gasteiger partial charge in [-0.2, -0.15) is 5.10 Å². The van der Waals surface area contributed by atoms with Crippen LogP contribution < -0.4 is 5.32 Å². The van der Waals surface area contributed by atoms with Gasteiger partial charge in [-0.15, -0.1) is 0 Å². The zero-order valence-corrected chi connectivity index (χ0v) is 16.5. The third kappa shape index (κ3) is 4.90. The predicted molar refractivity (Wildman–Crippen MR) is 113 cm³/mol. The lowest BCUT2D eigenvalue weighted by Crippen LogP contribution is -2.47. The van der Waals surface area contributed by atoms with Gasteiger partial charge in [-0.05, 0) is 30.5 Å². The molecule has 4 rings (SSSR count). The molecule has 150 valence electrons. The number of hydrazone groups is 1. The normalized spacial score (nSPS) is 17.8. The third-order valence-corrected chi connectivity index (χ3v) is 5.51. The minimum absolute atomic E-state index is 0.0278. The molecule has 2 aliphatic rings. The number of nitrogens with one attached hydrogen (secondary N) is 1. The van der Waals surface area contributed by atoms with Gasteiger partial charge in [-0.25, -0.2) is 5.01 Å². The van der Waals surface area contributed by atoms with Crippen molar-refractivity contribution in [1.29, 1.82) is 0 Å². The highest BCUT2D eigenvalue weighted by atomic mass is 16.2. The molecule has 1 saturated heterocycles. The van der Waals surface area contributed by atoms with Crippen molar-refractivity contribution in [3.05, 3.63) is 71.8 Å². The van der Waals surface area contributed by atoms with Crippen LogP contribution in [0.4, 0.5) is 0 Å². The van der Waals surface area contributed by atoms with E-state index in [0.29, 0.717) is 18.7 Å². The smallest absolute Gasteiger partial charge is 0.256 e. The van der Waals surface area contributed by atoms with Gasteiger partial charge in [0.2, 0.25) is 0 Å². The Hall–Kier alpha value is -2.99. The van der Waals surface area contributed by atoms with Gasteiger partial charge in [0, 0.05) is 31.1 Å². The van der Waals surface area contributed by atoms with Gasteiger partial charge in [-0.3, -0.25) is 14.5 Å². The third-order valence-electron chi connectivity index (χ3n) is 5.51. The SMILES string of the molecule is O=C(NC1CCN(CC(=O)N2CCC(c3ccccc3)=N2)CC1)c1ccccc1. The summed E-state index contributed by atoms with van der Waals surface area (Å²) in [4.78, 5) is 27.1. The first-order valence-electron chi connectivity index (χ1n) is 10.2. The highest BCUT2D eigenvalue weighted by Crippen LogP contribution is 2.16. The Labute approximate surface area is 171 Å². The molecule has 0 bridgehead atoms. The molecular weight excluding hydrogens is 364 g/mol. The van der Waals surface area contributed by atoms with E-state index in [9.17, 15) is 9.59 Å². The quantitative estimate of drug-likeness (QED) is 0.853. The van der Waals surface area contributed by atoms with Crippen LogP contribution in [0.15, 0.2) is 65.8 Å². The Bertz CT molecular complexity index is 874. The summed E-state index contributed by atoms with van der Waals surface area (Å²) in [5.74, 6) is 0.0164. The molecule has 6 heteroatoms. The van der Waals surface area contributed by atoms with Crippen molar-refractivity contribution in [1.82, 2.24) is 15.2 Å². The van der Waals surface area contributed by atoms with Crippen LogP contribution in [0.2, 0.25) is 0 Å². The maximum absolute atomic E-state index is 12.6. The number of carbonyl (C=O) groups excluding carboxylic acids is 2. The summed E-state index contributed by atoms with van der Waals surface area (Å²) in [6.07, 6.45) is 2.50. The molecule has 0 radical (unpaired) electrons. The number of rotatable bonds is 5. The molecule has 1 fully saturated rings. The van der Waals surface area contributed by atoms with Crippen molar-refractivity contribution in [2.75, 3.05) is 26.2 Å². The highest BCUT2D eigenvalue weighted by molar-refractivity contribution is 6.02. The molecule has 1 N–H and O–H groups in total. The minimum Gasteiger partial charge on any atom is -0.349 e. The number of carbonyl (C=O) groups is 2. The second-order valence-corrected chi connectivity index (χ2v) is 7.57. The second kappa shape index (κ2) is 9.01. The van der Waals surface area contributed by atoms with Crippen LogP contribution in [0.1, 0.15) is 35.2 Å². The molecule has 2 amide bonds. The van der Waals surface area contributed by atoms with Gasteiger partial charge in [0.15, 0.2) is 0 Å². The number of hydrogen-bond acceptors (Lipinski definition) is 4. The minimum atomic E-state index is -0.0278. The molecule has 0 unspecified atom stereocenters. The van der Waals surface area contributed by atoms with E-state index < -0.39 is 0 Å². The van der Waals surface area contributed by atoms with E-state index in [0.717, 1.165) is 43.6 Å². The van der Waals surface area contributed by atoms with E-state index in [1.807, 2.05) is 60.7 Å². The summed E-state index contributed by atoms with van der Waals surface area (Å²) in [7, 11) is 0. The van der Waals surface area contributed by atoms with E-state index in [-0.39, 0.29) is 17.9 Å². The lowest BCUT2D eigenvalue weighted by Gasteiger charge is -2.32. The highest BCUT2D eigenvalue weighted by Gasteiger charge is 2.26. The first kappa shape index (κ1) is 19.3.